The second kappa shape index (κ2) is 3.47. The molecule has 0 spiro atoms. The summed E-state index contributed by atoms with van der Waals surface area (Å²) in [5.74, 6) is -2.42. The van der Waals surface area contributed by atoms with Gasteiger partial charge in [-0.3, -0.25) is 4.79 Å². The second-order valence-electron chi connectivity index (χ2n) is 2.01. The van der Waals surface area contributed by atoms with Gasteiger partial charge in [0.2, 0.25) is 0 Å². The van der Waals surface area contributed by atoms with Gasteiger partial charge in [-0.05, 0) is 12.2 Å². The first-order chi connectivity index (χ1) is 5.70. The Kier molecular flexibility index (Phi) is 2.37. The number of H-pyrrole nitrogens is 1. The maximum absolute atomic E-state index is 10.5. The lowest BCUT2D eigenvalue weighted by Crippen LogP contribution is -2.08. The number of aliphatic carboxylic acids is 1. The summed E-state index contributed by atoms with van der Waals surface area (Å²) in [5, 5.41) is 8.18. The molecule has 0 aliphatic heterocycles. The van der Waals surface area contributed by atoms with Crippen LogP contribution in [0, 0.1) is 0 Å². The number of nitrogens with one attached hydrogen (secondary N) is 1. The molecule has 12 heavy (non-hydrogen) atoms. The highest BCUT2D eigenvalue weighted by molar-refractivity contribution is 6.38. The number of aromatic amines is 1. The van der Waals surface area contributed by atoms with Crippen LogP contribution in [0.1, 0.15) is 5.69 Å². The van der Waals surface area contributed by atoms with Crippen LogP contribution in [0.3, 0.4) is 0 Å². The summed E-state index contributed by atoms with van der Waals surface area (Å²) < 4.78 is 0. The number of hydrogen-bond donors (Lipinski definition) is 2. The maximum Gasteiger partial charge on any atom is 0.376 e. The molecule has 1 aromatic rings. The summed E-state index contributed by atoms with van der Waals surface area (Å²) in [6, 6.07) is 0. The fourth-order valence-electron chi connectivity index (χ4n) is 0.595. The summed E-state index contributed by atoms with van der Waals surface area (Å²) >= 11 is 0. The van der Waals surface area contributed by atoms with E-state index < -0.39 is 11.8 Å². The lowest BCUT2D eigenvalue weighted by molar-refractivity contribution is -0.146. The highest BCUT2D eigenvalue weighted by Crippen LogP contribution is 1.93. The number of carboxylic acid groups (broad SMARTS) is 1. The molecule has 0 aliphatic carbocycles. The van der Waals surface area contributed by atoms with Crippen molar-refractivity contribution in [2.24, 2.45) is 0 Å². The van der Waals surface area contributed by atoms with Crippen molar-refractivity contribution in [2.75, 3.05) is 0 Å². The Balaban J connectivity index is 2.63. The summed E-state index contributed by atoms with van der Waals surface area (Å²) in [5.41, 5.74) is 0.588. The van der Waals surface area contributed by atoms with E-state index in [1.54, 1.807) is 0 Å². The van der Waals surface area contributed by atoms with E-state index >= 15 is 0 Å². The van der Waals surface area contributed by atoms with Crippen LogP contribution in [0.4, 0.5) is 0 Å². The molecule has 0 bridgehead atoms. The number of imidazole rings is 1. The van der Waals surface area contributed by atoms with Crippen LogP contribution >= 0.6 is 0 Å². The second-order valence-corrected chi connectivity index (χ2v) is 2.01. The molecule has 0 saturated heterocycles. The Morgan fingerprint density at radius 3 is 2.83 bits per heavy atom. The molecule has 5 nitrogen and oxygen atoms in total. The predicted molar refractivity (Wildman–Crippen MR) is 40.3 cm³/mol. The molecule has 0 saturated carbocycles. The molecule has 1 rings (SSSR count). The van der Waals surface area contributed by atoms with Crippen molar-refractivity contribution in [1.82, 2.24) is 9.97 Å². The van der Waals surface area contributed by atoms with E-state index in [1.807, 2.05) is 0 Å². The zero-order valence-corrected chi connectivity index (χ0v) is 6.02. The Morgan fingerprint density at radius 1 is 1.58 bits per heavy atom. The third-order valence-electron chi connectivity index (χ3n) is 1.14. The Morgan fingerprint density at radius 2 is 2.33 bits per heavy atom. The van der Waals surface area contributed by atoms with Gasteiger partial charge in [-0.2, -0.15) is 0 Å². The zero-order valence-electron chi connectivity index (χ0n) is 6.02. The molecular formula is C7H6N2O3. The number of ketones is 1. The molecule has 5 heteroatoms. The summed E-state index contributed by atoms with van der Waals surface area (Å²) in [6.07, 6.45) is 5.23. The molecule has 0 aromatic carbocycles. The number of hydrogen-bond acceptors (Lipinski definition) is 3. The molecular weight excluding hydrogens is 160 g/mol. The van der Waals surface area contributed by atoms with Crippen molar-refractivity contribution in [3.8, 4) is 0 Å². The largest absolute Gasteiger partial charge is 0.475 e. The SMILES string of the molecule is O=C(O)C(=O)C=Cc1cnc[nH]1. The normalized spacial score (nSPS) is 10.3. The van der Waals surface area contributed by atoms with Crippen LogP contribution in [-0.2, 0) is 9.59 Å². The van der Waals surface area contributed by atoms with Crippen LogP contribution in [0.5, 0.6) is 0 Å². The fourth-order valence-corrected chi connectivity index (χ4v) is 0.595. The average Bonchev–Trinajstić information content (AvgIpc) is 2.51. The highest BCUT2D eigenvalue weighted by atomic mass is 16.4. The zero-order chi connectivity index (χ0) is 8.97. The third-order valence-corrected chi connectivity index (χ3v) is 1.14. The van der Waals surface area contributed by atoms with Crippen LogP contribution in [0.15, 0.2) is 18.6 Å². The monoisotopic (exact) mass is 166 g/mol. The van der Waals surface area contributed by atoms with Crippen molar-refractivity contribution < 1.29 is 14.7 Å². The van der Waals surface area contributed by atoms with Gasteiger partial charge in [0.15, 0.2) is 0 Å². The standard InChI is InChI=1S/C7H6N2O3/c10-6(7(11)12)2-1-5-3-8-4-9-5/h1-4H,(H,8,9)(H,11,12). The summed E-state index contributed by atoms with van der Waals surface area (Å²) in [7, 11) is 0. The van der Waals surface area contributed by atoms with Crippen LogP contribution < -0.4 is 0 Å². The van der Waals surface area contributed by atoms with Gasteiger partial charge in [-0.15, -0.1) is 0 Å². The summed E-state index contributed by atoms with van der Waals surface area (Å²) in [6.45, 7) is 0. The molecule has 0 atom stereocenters. The minimum absolute atomic E-state index is 0.588. The Bertz CT molecular complexity index is 313. The minimum atomic E-state index is -1.47. The molecule has 1 heterocycles. The van der Waals surface area contributed by atoms with Gasteiger partial charge in [0, 0.05) is 0 Å². The van der Waals surface area contributed by atoms with Gasteiger partial charge in [0.1, 0.15) is 0 Å². The quantitative estimate of drug-likeness (QED) is 0.492. The van der Waals surface area contributed by atoms with E-state index in [0.717, 1.165) is 6.08 Å². The number of carboxylic acids is 1. The van der Waals surface area contributed by atoms with Crippen molar-refractivity contribution in [1.29, 1.82) is 0 Å². The van der Waals surface area contributed by atoms with E-state index in [1.165, 1.54) is 18.6 Å². The highest BCUT2D eigenvalue weighted by Gasteiger charge is 2.05. The van der Waals surface area contributed by atoms with E-state index in [-0.39, 0.29) is 0 Å². The first-order valence-electron chi connectivity index (χ1n) is 3.14. The number of aromatic nitrogens is 2. The average molecular weight is 166 g/mol. The lowest BCUT2D eigenvalue weighted by atomic mass is 10.3. The summed E-state index contributed by atoms with van der Waals surface area (Å²) in [4.78, 5) is 26.9. The fraction of sp³-hybridized carbons (Fsp3) is 0. The Labute approximate surface area is 67.7 Å². The van der Waals surface area contributed by atoms with Crippen molar-refractivity contribution in [2.45, 2.75) is 0 Å². The van der Waals surface area contributed by atoms with Crippen LogP contribution in [0.25, 0.3) is 6.08 Å². The van der Waals surface area contributed by atoms with E-state index in [2.05, 4.69) is 9.97 Å². The van der Waals surface area contributed by atoms with Crippen LogP contribution in [-0.4, -0.2) is 26.8 Å². The smallest absolute Gasteiger partial charge is 0.376 e. The third kappa shape index (κ3) is 2.05. The molecule has 0 fully saturated rings. The minimum Gasteiger partial charge on any atom is -0.475 e. The van der Waals surface area contributed by atoms with Crippen LogP contribution in [0.2, 0.25) is 0 Å². The number of nitrogens with zero attached hydrogens (tertiary/aromatic N) is 1. The van der Waals surface area contributed by atoms with E-state index in [0.29, 0.717) is 5.69 Å². The van der Waals surface area contributed by atoms with E-state index in [4.69, 9.17) is 5.11 Å². The molecule has 0 unspecified atom stereocenters. The van der Waals surface area contributed by atoms with Gasteiger partial charge < -0.3 is 10.1 Å². The maximum atomic E-state index is 10.5. The molecule has 0 radical (unpaired) electrons. The van der Waals surface area contributed by atoms with Gasteiger partial charge in [0.05, 0.1) is 18.2 Å². The van der Waals surface area contributed by atoms with Gasteiger partial charge in [-0.1, -0.05) is 0 Å². The first-order valence-corrected chi connectivity index (χ1v) is 3.14. The van der Waals surface area contributed by atoms with E-state index in [9.17, 15) is 9.59 Å². The molecule has 2 N–H and O–H groups in total. The van der Waals surface area contributed by atoms with Gasteiger partial charge in [-0.25, -0.2) is 9.78 Å². The molecule has 0 aliphatic rings. The van der Waals surface area contributed by atoms with Gasteiger partial charge in [0.25, 0.3) is 5.78 Å². The van der Waals surface area contributed by atoms with Crippen molar-refractivity contribution >= 4 is 17.8 Å². The Hall–Kier alpha value is -1.91. The topological polar surface area (TPSA) is 83.0 Å². The molecule has 0 amide bonds. The molecule has 62 valence electrons. The number of carbonyl (C=O) groups is 2. The van der Waals surface area contributed by atoms with Gasteiger partial charge >= 0.3 is 5.97 Å². The first kappa shape index (κ1) is 8.19. The number of rotatable bonds is 3. The van der Waals surface area contributed by atoms with Crippen molar-refractivity contribution in [3.05, 3.63) is 24.3 Å². The lowest BCUT2D eigenvalue weighted by Gasteiger charge is -1.82. The predicted octanol–water partition coefficient (Wildman–Crippen LogP) is 0.0766. The number of carbonyl (C=O) groups excluding carboxylic acids is 1. The van der Waals surface area contributed by atoms with Crippen molar-refractivity contribution in [3.63, 3.8) is 0 Å². The molecule has 1 aromatic heterocycles.